The van der Waals surface area contributed by atoms with Crippen LogP contribution in [0.4, 0.5) is 4.39 Å². The van der Waals surface area contributed by atoms with E-state index >= 15 is 0 Å². The van der Waals surface area contributed by atoms with Crippen molar-refractivity contribution in [3.63, 3.8) is 0 Å². The summed E-state index contributed by atoms with van der Waals surface area (Å²) in [5, 5.41) is 10.0. The molecular formula is C23H24FNO. The van der Waals surface area contributed by atoms with Gasteiger partial charge in [-0.2, -0.15) is 0 Å². The molecule has 1 atom stereocenters. The average molecular weight is 349 g/mol. The van der Waals surface area contributed by atoms with Crippen molar-refractivity contribution in [3.05, 3.63) is 107 Å². The zero-order valence-corrected chi connectivity index (χ0v) is 14.8. The average Bonchev–Trinajstić information content (AvgIpc) is 2.68. The zero-order valence-electron chi connectivity index (χ0n) is 14.8. The largest absolute Gasteiger partial charge is 0.395 e. The van der Waals surface area contributed by atoms with Crippen LogP contribution in [-0.4, -0.2) is 22.7 Å². The predicted octanol–water partition coefficient (Wildman–Crippen LogP) is 4.43. The number of rotatable bonds is 8. The molecule has 0 saturated heterocycles. The fourth-order valence-electron chi connectivity index (χ4n) is 3.18. The summed E-state index contributed by atoms with van der Waals surface area (Å²) in [7, 11) is 0. The number of nitrogens with zero attached hydrogens (tertiary/aromatic N) is 1. The maximum absolute atomic E-state index is 14.1. The van der Waals surface area contributed by atoms with Crippen LogP contribution in [0.3, 0.4) is 0 Å². The van der Waals surface area contributed by atoms with Crippen molar-refractivity contribution in [1.82, 2.24) is 4.90 Å². The van der Waals surface area contributed by atoms with Crippen molar-refractivity contribution in [2.24, 2.45) is 0 Å². The highest BCUT2D eigenvalue weighted by Gasteiger charge is 2.20. The van der Waals surface area contributed by atoms with Crippen molar-refractivity contribution < 1.29 is 9.50 Å². The lowest BCUT2D eigenvalue weighted by Gasteiger charge is -2.31. The van der Waals surface area contributed by atoms with Gasteiger partial charge in [-0.25, -0.2) is 4.39 Å². The lowest BCUT2D eigenvalue weighted by molar-refractivity contribution is 0.109. The number of hydrogen-bond donors (Lipinski definition) is 1. The van der Waals surface area contributed by atoms with Crippen molar-refractivity contribution in [2.45, 2.75) is 25.6 Å². The Labute approximate surface area is 154 Å². The first-order chi connectivity index (χ1) is 12.8. The Hall–Kier alpha value is -2.49. The van der Waals surface area contributed by atoms with Crippen molar-refractivity contribution in [2.75, 3.05) is 6.61 Å². The molecule has 0 aliphatic heterocycles. The summed E-state index contributed by atoms with van der Waals surface area (Å²) < 4.78 is 14.1. The van der Waals surface area contributed by atoms with E-state index in [0.717, 1.165) is 0 Å². The van der Waals surface area contributed by atoms with E-state index in [-0.39, 0.29) is 18.5 Å². The van der Waals surface area contributed by atoms with Crippen LogP contribution >= 0.6 is 0 Å². The van der Waals surface area contributed by atoms with Crippen molar-refractivity contribution in [1.29, 1.82) is 0 Å². The third-order valence-corrected chi connectivity index (χ3v) is 4.60. The first-order valence-electron chi connectivity index (χ1n) is 8.92. The Morgan fingerprint density at radius 2 is 1.23 bits per heavy atom. The Morgan fingerprint density at radius 1 is 0.731 bits per heavy atom. The van der Waals surface area contributed by atoms with Gasteiger partial charge in [0.1, 0.15) is 5.82 Å². The molecule has 0 spiro atoms. The van der Waals surface area contributed by atoms with Crippen LogP contribution in [0.15, 0.2) is 84.9 Å². The van der Waals surface area contributed by atoms with Gasteiger partial charge in [-0.1, -0.05) is 78.9 Å². The third kappa shape index (κ3) is 5.01. The predicted molar refractivity (Wildman–Crippen MR) is 103 cm³/mol. The second-order valence-electron chi connectivity index (χ2n) is 6.51. The number of aliphatic hydroxyl groups is 1. The van der Waals surface area contributed by atoms with E-state index in [1.54, 1.807) is 12.1 Å². The SMILES string of the molecule is OC[C@@H](Cc1ccccc1F)N(Cc1ccccc1)Cc1ccccc1. The quantitative estimate of drug-likeness (QED) is 0.650. The van der Waals surface area contributed by atoms with Crippen LogP contribution < -0.4 is 0 Å². The molecule has 26 heavy (non-hydrogen) atoms. The molecule has 0 amide bonds. The Bertz CT molecular complexity index is 750. The summed E-state index contributed by atoms with van der Waals surface area (Å²) in [6.45, 7) is 1.39. The molecule has 0 heterocycles. The lowest BCUT2D eigenvalue weighted by Crippen LogP contribution is -2.39. The van der Waals surface area contributed by atoms with Gasteiger partial charge in [0.25, 0.3) is 0 Å². The number of benzene rings is 3. The first-order valence-corrected chi connectivity index (χ1v) is 8.92. The molecule has 0 aromatic heterocycles. The molecule has 0 fully saturated rings. The molecule has 3 aromatic carbocycles. The summed E-state index contributed by atoms with van der Waals surface area (Å²) in [4.78, 5) is 2.22. The minimum absolute atomic E-state index is 0.0198. The van der Waals surface area contributed by atoms with Crippen LogP contribution in [0, 0.1) is 5.82 Å². The molecule has 0 saturated carbocycles. The molecule has 1 N–H and O–H groups in total. The molecule has 3 aromatic rings. The molecule has 0 aliphatic carbocycles. The van der Waals surface area contributed by atoms with Gasteiger partial charge in [0.15, 0.2) is 0 Å². The first kappa shape index (κ1) is 18.3. The second-order valence-corrected chi connectivity index (χ2v) is 6.51. The van der Waals surface area contributed by atoms with Gasteiger partial charge < -0.3 is 5.11 Å². The van der Waals surface area contributed by atoms with Crippen molar-refractivity contribution in [3.8, 4) is 0 Å². The highest BCUT2D eigenvalue weighted by Crippen LogP contribution is 2.18. The zero-order chi connectivity index (χ0) is 18.2. The van der Waals surface area contributed by atoms with E-state index in [1.807, 2.05) is 42.5 Å². The minimum atomic E-state index is -0.217. The van der Waals surface area contributed by atoms with Gasteiger partial charge >= 0.3 is 0 Å². The number of aliphatic hydroxyl groups excluding tert-OH is 1. The van der Waals surface area contributed by atoms with Gasteiger partial charge in [-0.05, 0) is 29.2 Å². The second kappa shape index (κ2) is 9.27. The van der Waals surface area contributed by atoms with Crippen LogP contribution in [0.5, 0.6) is 0 Å². The van der Waals surface area contributed by atoms with Gasteiger partial charge in [-0.15, -0.1) is 0 Å². The summed E-state index contributed by atoms with van der Waals surface area (Å²) in [6.07, 6.45) is 0.475. The van der Waals surface area contributed by atoms with Gasteiger partial charge in [0.05, 0.1) is 6.61 Å². The fourth-order valence-corrected chi connectivity index (χ4v) is 3.18. The molecule has 0 aliphatic rings. The fraction of sp³-hybridized carbons (Fsp3) is 0.217. The normalized spacial score (nSPS) is 12.3. The summed E-state index contributed by atoms with van der Waals surface area (Å²) in [5.74, 6) is -0.217. The summed E-state index contributed by atoms with van der Waals surface area (Å²) in [5.41, 5.74) is 2.99. The molecule has 3 heteroatoms. The Kier molecular flexibility index (Phi) is 6.53. The molecule has 3 rings (SSSR count). The van der Waals surface area contributed by atoms with E-state index in [9.17, 15) is 9.50 Å². The lowest BCUT2D eigenvalue weighted by atomic mass is 10.0. The van der Waals surface area contributed by atoms with E-state index in [2.05, 4.69) is 29.2 Å². The van der Waals surface area contributed by atoms with E-state index in [4.69, 9.17) is 0 Å². The maximum atomic E-state index is 14.1. The van der Waals surface area contributed by atoms with Gasteiger partial charge in [0, 0.05) is 19.1 Å². The maximum Gasteiger partial charge on any atom is 0.126 e. The van der Waals surface area contributed by atoms with Gasteiger partial charge in [0.2, 0.25) is 0 Å². The van der Waals surface area contributed by atoms with E-state index < -0.39 is 0 Å². The van der Waals surface area contributed by atoms with Crippen LogP contribution in [0.25, 0.3) is 0 Å². The minimum Gasteiger partial charge on any atom is -0.395 e. The third-order valence-electron chi connectivity index (χ3n) is 4.60. The van der Waals surface area contributed by atoms with E-state index in [1.165, 1.54) is 17.2 Å². The van der Waals surface area contributed by atoms with Crippen LogP contribution in [-0.2, 0) is 19.5 Å². The van der Waals surface area contributed by atoms with E-state index in [0.29, 0.717) is 25.1 Å². The molecule has 0 radical (unpaired) electrons. The molecule has 2 nitrogen and oxygen atoms in total. The number of halogens is 1. The standard InChI is InChI=1S/C23H24FNO/c24-23-14-8-7-13-21(23)15-22(18-26)25(16-19-9-3-1-4-10-19)17-20-11-5-2-6-12-20/h1-14,22,26H,15-18H2/t22-/m1/s1. The highest BCUT2D eigenvalue weighted by molar-refractivity contribution is 5.20. The molecule has 0 bridgehead atoms. The smallest absolute Gasteiger partial charge is 0.126 e. The van der Waals surface area contributed by atoms with Gasteiger partial charge in [-0.3, -0.25) is 4.90 Å². The topological polar surface area (TPSA) is 23.5 Å². The molecule has 134 valence electrons. The highest BCUT2D eigenvalue weighted by atomic mass is 19.1. The van der Waals surface area contributed by atoms with Crippen LogP contribution in [0.2, 0.25) is 0 Å². The van der Waals surface area contributed by atoms with Crippen molar-refractivity contribution >= 4 is 0 Å². The van der Waals surface area contributed by atoms with Crippen LogP contribution in [0.1, 0.15) is 16.7 Å². The Balaban J connectivity index is 1.83. The Morgan fingerprint density at radius 3 is 1.73 bits per heavy atom. The number of hydrogen-bond acceptors (Lipinski definition) is 2. The molecular weight excluding hydrogens is 325 g/mol. The summed E-state index contributed by atoms with van der Waals surface area (Å²) in [6, 6.07) is 27.0. The monoisotopic (exact) mass is 349 g/mol. The summed E-state index contributed by atoms with van der Waals surface area (Å²) >= 11 is 0. The molecule has 0 unspecified atom stereocenters.